The summed E-state index contributed by atoms with van der Waals surface area (Å²) >= 11 is 1.36. The molecule has 1 amide bonds. The van der Waals surface area contributed by atoms with E-state index in [1.807, 2.05) is 11.4 Å². The summed E-state index contributed by atoms with van der Waals surface area (Å²) < 4.78 is 10.6. The van der Waals surface area contributed by atoms with Gasteiger partial charge in [-0.05, 0) is 49.2 Å². The number of benzene rings is 2. The fourth-order valence-electron chi connectivity index (χ4n) is 2.80. The molecule has 0 spiro atoms. The summed E-state index contributed by atoms with van der Waals surface area (Å²) in [4.78, 5) is 28.0. The molecular formula is C22H18N2O4S. The molecule has 0 aliphatic heterocycles. The van der Waals surface area contributed by atoms with Crippen molar-refractivity contribution in [2.45, 2.75) is 13.8 Å². The maximum atomic E-state index is 12.2. The van der Waals surface area contributed by atoms with Crippen LogP contribution in [0.15, 0.2) is 63.1 Å². The van der Waals surface area contributed by atoms with Crippen LogP contribution in [-0.4, -0.2) is 17.5 Å². The van der Waals surface area contributed by atoms with Crippen molar-refractivity contribution in [1.29, 1.82) is 0 Å². The highest BCUT2D eigenvalue weighted by atomic mass is 32.1. The van der Waals surface area contributed by atoms with E-state index >= 15 is 0 Å². The van der Waals surface area contributed by atoms with Crippen molar-refractivity contribution in [3.8, 4) is 17.0 Å². The van der Waals surface area contributed by atoms with E-state index in [1.165, 1.54) is 28.5 Å². The first-order chi connectivity index (χ1) is 14.0. The molecule has 29 heavy (non-hydrogen) atoms. The van der Waals surface area contributed by atoms with Gasteiger partial charge in [-0.2, -0.15) is 0 Å². The number of aromatic nitrogens is 1. The van der Waals surface area contributed by atoms with Crippen molar-refractivity contribution in [1.82, 2.24) is 4.98 Å². The van der Waals surface area contributed by atoms with Crippen LogP contribution in [0.4, 0.5) is 5.13 Å². The topological polar surface area (TPSA) is 81.4 Å². The Labute approximate surface area is 170 Å². The quantitative estimate of drug-likeness (QED) is 0.492. The van der Waals surface area contributed by atoms with Crippen molar-refractivity contribution in [3.63, 3.8) is 0 Å². The molecule has 2 heterocycles. The Bertz CT molecular complexity index is 1260. The van der Waals surface area contributed by atoms with Crippen LogP contribution in [0.1, 0.15) is 11.1 Å². The number of nitrogens with zero attached hydrogens (tertiary/aromatic N) is 1. The Morgan fingerprint density at radius 3 is 2.76 bits per heavy atom. The molecular weight excluding hydrogens is 388 g/mol. The molecule has 0 radical (unpaired) electrons. The summed E-state index contributed by atoms with van der Waals surface area (Å²) in [5.74, 6) is 0.123. The molecule has 0 saturated heterocycles. The lowest BCUT2D eigenvalue weighted by Crippen LogP contribution is -2.20. The normalized spacial score (nSPS) is 10.8. The van der Waals surface area contributed by atoms with Gasteiger partial charge in [-0.1, -0.05) is 12.1 Å². The first kappa shape index (κ1) is 18.9. The van der Waals surface area contributed by atoms with E-state index < -0.39 is 5.63 Å². The van der Waals surface area contributed by atoms with E-state index in [0.29, 0.717) is 16.5 Å². The van der Waals surface area contributed by atoms with Crippen LogP contribution in [0.25, 0.3) is 22.2 Å². The number of fused-ring (bicyclic) bond motifs is 1. The third-order valence-corrected chi connectivity index (χ3v) is 5.28. The zero-order valence-corrected chi connectivity index (χ0v) is 16.7. The Balaban J connectivity index is 1.39. The van der Waals surface area contributed by atoms with Crippen molar-refractivity contribution in [2.24, 2.45) is 0 Å². The number of carbonyl (C=O) groups excluding carboxylic acids is 1. The molecule has 0 atom stereocenters. The largest absolute Gasteiger partial charge is 0.484 e. The second-order valence-electron chi connectivity index (χ2n) is 6.63. The summed E-state index contributed by atoms with van der Waals surface area (Å²) in [6.07, 6.45) is 0. The minimum atomic E-state index is -0.435. The van der Waals surface area contributed by atoms with E-state index in [0.717, 1.165) is 16.6 Å². The van der Waals surface area contributed by atoms with Crippen molar-refractivity contribution < 1.29 is 13.9 Å². The summed E-state index contributed by atoms with van der Waals surface area (Å²) in [6, 6.07) is 14.3. The molecule has 0 unspecified atom stereocenters. The maximum absolute atomic E-state index is 12.2. The van der Waals surface area contributed by atoms with Gasteiger partial charge in [0, 0.05) is 28.5 Å². The molecule has 0 saturated carbocycles. The Kier molecular flexibility index (Phi) is 5.14. The molecule has 2 aromatic heterocycles. The number of anilines is 1. The minimum absolute atomic E-state index is 0.179. The van der Waals surface area contributed by atoms with E-state index in [1.54, 1.807) is 24.3 Å². The minimum Gasteiger partial charge on any atom is -0.484 e. The fraction of sp³-hybridized carbons (Fsp3) is 0.136. The molecule has 7 heteroatoms. The van der Waals surface area contributed by atoms with E-state index in [9.17, 15) is 9.59 Å². The van der Waals surface area contributed by atoms with Crippen molar-refractivity contribution in [3.05, 3.63) is 75.5 Å². The second-order valence-corrected chi connectivity index (χ2v) is 7.49. The number of aryl methyl sites for hydroxylation is 2. The van der Waals surface area contributed by atoms with Crippen LogP contribution in [0, 0.1) is 13.8 Å². The highest BCUT2D eigenvalue weighted by Crippen LogP contribution is 2.26. The van der Waals surface area contributed by atoms with E-state index in [4.69, 9.17) is 9.15 Å². The maximum Gasteiger partial charge on any atom is 0.336 e. The van der Waals surface area contributed by atoms with Gasteiger partial charge in [-0.15, -0.1) is 11.3 Å². The van der Waals surface area contributed by atoms with Crippen LogP contribution in [0.2, 0.25) is 0 Å². The summed E-state index contributed by atoms with van der Waals surface area (Å²) in [5, 5.41) is 5.94. The smallest absolute Gasteiger partial charge is 0.336 e. The Hall–Kier alpha value is -3.45. The molecule has 6 nitrogen and oxygen atoms in total. The number of hydrogen-bond donors (Lipinski definition) is 1. The van der Waals surface area contributed by atoms with Crippen LogP contribution >= 0.6 is 11.3 Å². The predicted molar refractivity (Wildman–Crippen MR) is 114 cm³/mol. The van der Waals surface area contributed by atoms with Crippen LogP contribution in [0.5, 0.6) is 5.75 Å². The third-order valence-electron chi connectivity index (χ3n) is 4.52. The molecule has 2 aromatic carbocycles. The first-order valence-corrected chi connectivity index (χ1v) is 9.85. The summed E-state index contributed by atoms with van der Waals surface area (Å²) in [7, 11) is 0. The number of carbonyl (C=O) groups is 1. The number of ether oxygens (including phenoxy) is 1. The van der Waals surface area contributed by atoms with Gasteiger partial charge in [0.1, 0.15) is 11.3 Å². The summed E-state index contributed by atoms with van der Waals surface area (Å²) in [6.45, 7) is 3.94. The fourth-order valence-corrected chi connectivity index (χ4v) is 3.54. The lowest BCUT2D eigenvalue weighted by molar-refractivity contribution is -0.118. The van der Waals surface area contributed by atoms with E-state index in [-0.39, 0.29) is 12.5 Å². The van der Waals surface area contributed by atoms with Gasteiger partial charge in [0.05, 0.1) is 5.69 Å². The highest BCUT2D eigenvalue weighted by Gasteiger charge is 2.10. The third kappa shape index (κ3) is 4.35. The average molecular weight is 406 g/mol. The van der Waals surface area contributed by atoms with Gasteiger partial charge < -0.3 is 9.15 Å². The number of nitrogens with one attached hydrogen (secondary N) is 1. The van der Waals surface area contributed by atoms with Crippen LogP contribution < -0.4 is 15.7 Å². The van der Waals surface area contributed by atoms with Gasteiger partial charge >= 0.3 is 5.63 Å². The Morgan fingerprint density at radius 1 is 1.10 bits per heavy atom. The van der Waals surface area contributed by atoms with Gasteiger partial charge in [0.15, 0.2) is 11.7 Å². The first-order valence-electron chi connectivity index (χ1n) is 8.98. The molecule has 4 rings (SSSR count). The monoisotopic (exact) mass is 406 g/mol. The lowest BCUT2D eigenvalue weighted by atomic mass is 10.1. The molecule has 0 bridgehead atoms. The second kappa shape index (κ2) is 7.89. The van der Waals surface area contributed by atoms with Crippen molar-refractivity contribution in [2.75, 3.05) is 11.9 Å². The number of hydrogen-bond acceptors (Lipinski definition) is 6. The van der Waals surface area contributed by atoms with Gasteiger partial charge in [0.2, 0.25) is 0 Å². The van der Waals surface area contributed by atoms with E-state index in [2.05, 4.69) is 36.3 Å². The molecule has 0 fully saturated rings. The molecule has 0 aliphatic carbocycles. The van der Waals surface area contributed by atoms with Crippen molar-refractivity contribution >= 4 is 33.3 Å². The number of thiazole rings is 1. The van der Waals surface area contributed by atoms with Crippen LogP contribution in [-0.2, 0) is 4.79 Å². The van der Waals surface area contributed by atoms with Gasteiger partial charge in [0.25, 0.3) is 5.91 Å². The van der Waals surface area contributed by atoms with Gasteiger partial charge in [-0.3, -0.25) is 10.1 Å². The summed E-state index contributed by atoms with van der Waals surface area (Å²) in [5.41, 5.74) is 4.23. The predicted octanol–water partition coefficient (Wildman–Crippen LogP) is 4.55. The zero-order chi connectivity index (χ0) is 20.4. The standard InChI is InChI=1S/C22H18N2O4S/c1-13-3-4-16(9-14(13)2)18-12-29-22(23-18)24-20(25)11-27-17-7-5-15-6-8-21(26)28-19(15)10-17/h3-10,12H,11H2,1-2H3,(H,23,24,25). The van der Waals surface area contributed by atoms with Crippen LogP contribution in [0.3, 0.4) is 0 Å². The highest BCUT2D eigenvalue weighted by molar-refractivity contribution is 7.14. The molecule has 146 valence electrons. The Morgan fingerprint density at radius 2 is 1.93 bits per heavy atom. The lowest BCUT2D eigenvalue weighted by Gasteiger charge is -2.06. The molecule has 0 aliphatic rings. The molecule has 1 N–H and O–H groups in total. The number of rotatable bonds is 5. The average Bonchev–Trinajstić information content (AvgIpc) is 3.16. The molecule has 4 aromatic rings. The zero-order valence-electron chi connectivity index (χ0n) is 15.9. The SMILES string of the molecule is Cc1ccc(-c2csc(NC(=O)COc3ccc4ccc(=O)oc4c3)n2)cc1C. The van der Waals surface area contributed by atoms with Gasteiger partial charge in [-0.25, -0.2) is 9.78 Å². The number of amides is 1.